The molecule has 1 unspecified atom stereocenters. The molecule has 152 valence electrons. The molecule has 28 heavy (non-hydrogen) atoms. The Balaban J connectivity index is 1.87. The highest BCUT2D eigenvalue weighted by Crippen LogP contribution is 2.23. The van der Waals surface area contributed by atoms with E-state index in [4.69, 9.17) is 12.2 Å². The van der Waals surface area contributed by atoms with Crippen molar-refractivity contribution in [2.45, 2.75) is 46.1 Å². The van der Waals surface area contributed by atoms with Crippen LogP contribution in [-0.4, -0.2) is 19.7 Å². The number of anilines is 1. The van der Waals surface area contributed by atoms with Crippen LogP contribution in [0.2, 0.25) is 0 Å². The second-order valence-corrected chi connectivity index (χ2v) is 10.5. The van der Waals surface area contributed by atoms with Crippen LogP contribution in [0.1, 0.15) is 44.4 Å². The monoisotopic (exact) mass is 418 g/mol. The molecule has 0 aliphatic carbocycles. The molecule has 2 aromatic rings. The lowest BCUT2D eigenvalue weighted by atomic mass is 9.86. The van der Waals surface area contributed by atoms with Gasteiger partial charge >= 0.3 is 0 Å². The SMILES string of the molecule is CC(Cc1ccc(C(C)(C)C)cc1)C(=S)NCc1ccc(NS(C)(=O)=O)cc1. The lowest BCUT2D eigenvalue weighted by molar-refractivity contribution is 0.589. The fourth-order valence-corrected chi connectivity index (χ4v) is 3.57. The second kappa shape index (κ2) is 9.05. The summed E-state index contributed by atoms with van der Waals surface area (Å²) in [7, 11) is -3.25. The van der Waals surface area contributed by atoms with E-state index < -0.39 is 10.0 Å². The summed E-state index contributed by atoms with van der Waals surface area (Å²) in [6, 6.07) is 16.1. The number of rotatable bonds is 7. The van der Waals surface area contributed by atoms with Gasteiger partial charge in [-0.05, 0) is 40.7 Å². The highest BCUT2D eigenvalue weighted by atomic mass is 32.2. The molecule has 0 fully saturated rings. The summed E-state index contributed by atoms with van der Waals surface area (Å²) in [5.74, 6) is 0.238. The predicted molar refractivity (Wildman–Crippen MR) is 122 cm³/mol. The molecular weight excluding hydrogens is 388 g/mol. The third-order valence-electron chi connectivity index (χ3n) is 4.53. The summed E-state index contributed by atoms with van der Waals surface area (Å²) in [4.78, 5) is 0.832. The highest BCUT2D eigenvalue weighted by Gasteiger charge is 2.14. The van der Waals surface area contributed by atoms with E-state index in [1.165, 1.54) is 11.1 Å². The van der Waals surface area contributed by atoms with E-state index >= 15 is 0 Å². The molecule has 0 aliphatic rings. The average Bonchev–Trinajstić information content (AvgIpc) is 2.59. The molecule has 0 radical (unpaired) electrons. The Hall–Kier alpha value is -1.92. The number of hydrogen-bond donors (Lipinski definition) is 2. The van der Waals surface area contributed by atoms with Crippen molar-refractivity contribution in [2.75, 3.05) is 11.0 Å². The Bertz CT molecular complexity index is 897. The van der Waals surface area contributed by atoms with E-state index in [2.05, 4.69) is 62.0 Å². The standard InChI is InChI=1S/C22H30N2O2S2/c1-16(14-17-6-10-19(11-7-17)22(2,3)4)21(27)23-15-18-8-12-20(13-9-18)24-28(5,25)26/h6-13,16,24H,14-15H2,1-5H3,(H,23,27). The van der Waals surface area contributed by atoms with Crippen molar-refractivity contribution >= 4 is 32.9 Å². The predicted octanol–water partition coefficient (Wildman–Crippen LogP) is 4.65. The molecule has 0 aromatic heterocycles. The summed E-state index contributed by atoms with van der Waals surface area (Å²) < 4.78 is 25.0. The first-order valence-corrected chi connectivity index (χ1v) is 11.7. The summed E-state index contributed by atoms with van der Waals surface area (Å²) in [5, 5.41) is 3.32. The van der Waals surface area contributed by atoms with Crippen LogP contribution < -0.4 is 10.0 Å². The van der Waals surface area contributed by atoms with Crippen molar-refractivity contribution in [1.82, 2.24) is 5.32 Å². The van der Waals surface area contributed by atoms with Crippen LogP contribution in [0.25, 0.3) is 0 Å². The zero-order valence-corrected chi connectivity index (χ0v) is 18.9. The van der Waals surface area contributed by atoms with Crippen LogP contribution in [0.15, 0.2) is 48.5 Å². The van der Waals surface area contributed by atoms with E-state index in [0.29, 0.717) is 12.2 Å². The fraction of sp³-hybridized carbons (Fsp3) is 0.409. The van der Waals surface area contributed by atoms with Crippen LogP contribution in [-0.2, 0) is 28.4 Å². The number of hydrogen-bond acceptors (Lipinski definition) is 3. The first-order chi connectivity index (χ1) is 12.9. The fourth-order valence-electron chi connectivity index (χ4n) is 2.86. The Labute approximate surface area is 174 Å². The van der Waals surface area contributed by atoms with Crippen LogP contribution in [0.3, 0.4) is 0 Å². The Morgan fingerprint density at radius 1 is 1.00 bits per heavy atom. The molecule has 0 amide bonds. The van der Waals surface area contributed by atoms with Crippen LogP contribution in [0, 0.1) is 5.92 Å². The van der Waals surface area contributed by atoms with Gasteiger partial charge in [0.1, 0.15) is 0 Å². The Morgan fingerprint density at radius 3 is 2.04 bits per heavy atom. The summed E-state index contributed by atoms with van der Waals surface area (Å²) in [5.41, 5.74) is 4.37. The highest BCUT2D eigenvalue weighted by molar-refractivity contribution is 7.92. The first kappa shape index (κ1) is 22.4. The van der Waals surface area contributed by atoms with Crippen molar-refractivity contribution in [3.05, 3.63) is 65.2 Å². The van der Waals surface area contributed by atoms with Gasteiger partial charge in [-0.1, -0.05) is 76.3 Å². The zero-order chi connectivity index (χ0) is 20.9. The van der Waals surface area contributed by atoms with Crippen molar-refractivity contribution in [1.29, 1.82) is 0 Å². The van der Waals surface area contributed by atoms with Gasteiger partial charge in [0, 0.05) is 18.2 Å². The largest absolute Gasteiger partial charge is 0.375 e. The van der Waals surface area contributed by atoms with Gasteiger partial charge in [-0.3, -0.25) is 4.72 Å². The normalized spacial score (nSPS) is 13.0. The number of benzene rings is 2. The molecule has 0 spiro atoms. The maximum Gasteiger partial charge on any atom is 0.229 e. The molecular formula is C22H30N2O2S2. The van der Waals surface area contributed by atoms with Gasteiger partial charge in [0.15, 0.2) is 0 Å². The van der Waals surface area contributed by atoms with Gasteiger partial charge < -0.3 is 5.32 Å². The molecule has 0 saturated heterocycles. The van der Waals surface area contributed by atoms with E-state index in [0.717, 1.165) is 23.2 Å². The zero-order valence-electron chi connectivity index (χ0n) is 17.2. The van der Waals surface area contributed by atoms with Crippen LogP contribution in [0.5, 0.6) is 0 Å². The summed E-state index contributed by atoms with van der Waals surface area (Å²) >= 11 is 5.55. The summed E-state index contributed by atoms with van der Waals surface area (Å²) in [6.07, 6.45) is 2.03. The van der Waals surface area contributed by atoms with Crippen molar-refractivity contribution in [3.63, 3.8) is 0 Å². The topological polar surface area (TPSA) is 58.2 Å². The molecule has 0 bridgehead atoms. The average molecular weight is 419 g/mol. The number of sulfonamides is 1. The lowest BCUT2D eigenvalue weighted by Gasteiger charge is -2.20. The Kier molecular flexibility index (Phi) is 7.23. The van der Waals surface area contributed by atoms with Gasteiger partial charge in [-0.2, -0.15) is 0 Å². The maximum absolute atomic E-state index is 11.3. The second-order valence-electron chi connectivity index (χ2n) is 8.34. The van der Waals surface area contributed by atoms with E-state index in [1.54, 1.807) is 12.1 Å². The van der Waals surface area contributed by atoms with Crippen LogP contribution in [0.4, 0.5) is 5.69 Å². The van der Waals surface area contributed by atoms with Gasteiger partial charge in [0.05, 0.1) is 11.2 Å². The molecule has 0 heterocycles. The maximum atomic E-state index is 11.3. The van der Waals surface area contributed by atoms with Crippen LogP contribution >= 0.6 is 12.2 Å². The molecule has 2 N–H and O–H groups in total. The number of nitrogens with one attached hydrogen (secondary N) is 2. The molecule has 2 aromatic carbocycles. The molecule has 4 nitrogen and oxygen atoms in total. The third kappa shape index (κ3) is 7.24. The molecule has 1 atom stereocenters. The first-order valence-electron chi connectivity index (χ1n) is 9.38. The van der Waals surface area contributed by atoms with Crippen molar-refractivity contribution in [2.24, 2.45) is 5.92 Å². The third-order valence-corrected chi connectivity index (χ3v) is 5.69. The minimum absolute atomic E-state index is 0.160. The quantitative estimate of drug-likeness (QED) is 0.643. The smallest absolute Gasteiger partial charge is 0.229 e. The van der Waals surface area contributed by atoms with Crippen molar-refractivity contribution in [3.8, 4) is 0 Å². The van der Waals surface area contributed by atoms with Gasteiger partial charge in [-0.25, -0.2) is 8.42 Å². The molecule has 0 saturated carbocycles. The molecule has 6 heteroatoms. The molecule has 0 aliphatic heterocycles. The van der Waals surface area contributed by atoms with Gasteiger partial charge in [0.25, 0.3) is 0 Å². The van der Waals surface area contributed by atoms with Gasteiger partial charge in [-0.15, -0.1) is 0 Å². The number of thiocarbonyl (C=S) groups is 1. The minimum atomic E-state index is -3.25. The van der Waals surface area contributed by atoms with E-state index in [1.807, 2.05) is 12.1 Å². The van der Waals surface area contributed by atoms with Crippen molar-refractivity contribution < 1.29 is 8.42 Å². The Morgan fingerprint density at radius 2 is 1.54 bits per heavy atom. The van der Waals surface area contributed by atoms with E-state index in [-0.39, 0.29) is 11.3 Å². The minimum Gasteiger partial charge on any atom is -0.375 e. The summed E-state index contributed by atoms with van der Waals surface area (Å²) in [6.45, 7) is 9.39. The molecule has 2 rings (SSSR count). The lowest BCUT2D eigenvalue weighted by Crippen LogP contribution is -2.28. The van der Waals surface area contributed by atoms with Gasteiger partial charge in [0.2, 0.25) is 10.0 Å². The van der Waals surface area contributed by atoms with E-state index in [9.17, 15) is 8.42 Å².